The van der Waals surface area contributed by atoms with Crippen LogP contribution in [0.15, 0.2) is 12.1 Å². The number of nitrogens with zero attached hydrogens (tertiary/aromatic N) is 1. The van der Waals surface area contributed by atoms with Gasteiger partial charge in [0.15, 0.2) is 0 Å². The minimum Gasteiger partial charge on any atom is -0.393 e. The van der Waals surface area contributed by atoms with E-state index in [-0.39, 0.29) is 17.7 Å². The van der Waals surface area contributed by atoms with Crippen LogP contribution in [0.5, 0.6) is 0 Å². The first-order valence-corrected chi connectivity index (χ1v) is 7.94. The number of aliphatic hydroxyl groups excluding tert-OH is 1. The first kappa shape index (κ1) is 14.9. The molecule has 0 bridgehead atoms. The van der Waals surface area contributed by atoms with Crippen molar-refractivity contribution in [1.29, 1.82) is 0 Å². The minimum atomic E-state index is -0.401. The number of rotatable bonds is 4. The van der Waals surface area contributed by atoms with E-state index in [0.29, 0.717) is 18.9 Å². The fourth-order valence-electron chi connectivity index (χ4n) is 3.30. The van der Waals surface area contributed by atoms with E-state index < -0.39 is 11.6 Å². The molecule has 2 nitrogen and oxygen atoms in total. The third-order valence-corrected chi connectivity index (χ3v) is 4.85. The highest BCUT2D eigenvalue weighted by Crippen LogP contribution is 2.41. The van der Waals surface area contributed by atoms with Gasteiger partial charge in [0.05, 0.1) is 6.10 Å². The summed E-state index contributed by atoms with van der Waals surface area (Å²) in [6.45, 7) is 3.50. The molecule has 1 aromatic rings. The van der Waals surface area contributed by atoms with Crippen molar-refractivity contribution in [2.75, 3.05) is 13.1 Å². The number of piperidine rings is 1. The average Bonchev–Trinajstić information content (AvgIpc) is 3.24. The lowest BCUT2D eigenvalue weighted by Crippen LogP contribution is -2.43. The molecule has 0 aromatic heterocycles. The lowest BCUT2D eigenvalue weighted by Gasteiger charge is -2.35. The number of aliphatic hydroxyl groups is 1. The Hall–Kier alpha value is -1.00. The van der Waals surface area contributed by atoms with Crippen molar-refractivity contribution in [3.05, 3.63) is 34.9 Å². The molecule has 2 fully saturated rings. The van der Waals surface area contributed by atoms with Gasteiger partial charge in [0, 0.05) is 24.7 Å². The maximum Gasteiger partial charge on any atom is 0.129 e. The second-order valence-electron chi connectivity index (χ2n) is 6.55. The van der Waals surface area contributed by atoms with Crippen molar-refractivity contribution in [2.24, 2.45) is 0 Å². The highest BCUT2D eigenvalue weighted by Gasteiger charge is 2.27. The van der Waals surface area contributed by atoms with Gasteiger partial charge in [-0.2, -0.15) is 0 Å². The van der Waals surface area contributed by atoms with Gasteiger partial charge in [-0.3, -0.25) is 0 Å². The zero-order chi connectivity index (χ0) is 15.0. The van der Waals surface area contributed by atoms with Crippen LogP contribution in [-0.2, 0) is 6.42 Å². The van der Waals surface area contributed by atoms with Crippen LogP contribution in [0.3, 0.4) is 0 Å². The summed E-state index contributed by atoms with van der Waals surface area (Å²) in [5, 5.41) is 9.61. The van der Waals surface area contributed by atoms with Crippen molar-refractivity contribution in [3.63, 3.8) is 0 Å². The van der Waals surface area contributed by atoms with Crippen molar-refractivity contribution >= 4 is 0 Å². The second-order valence-corrected chi connectivity index (χ2v) is 6.55. The Labute approximate surface area is 124 Å². The Balaban J connectivity index is 1.65. The van der Waals surface area contributed by atoms with Gasteiger partial charge in [0.1, 0.15) is 11.6 Å². The Kier molecular flexibility index (Phi) is 4.27. The SMILES string of the molecule is CC1CC(O)CCN1CCc1c(F)cc(C2CC2)cc1F. The molecule has 2 atom stereocenters. The maximum atomic E-state index is 14.1. The Morgan fingerprint density at radius 1 is 1.19 bits per heavy atom. The number of halogens is 2. The van der Waals surface area contributed by atoms with E-state index in [2.05, 4.69) is 11.8 Å². The molecule has 116 valence electrons. The fraction of sp³-hybridized carbons (Fsp3) is 0.647. The van der Waals surface area contributed by atoms with Crippen LogP contribution < -0.4 is 0 Å². The van der Waals surface area contributed by atoms with Crippen LogP contribution in [0.2, 0.25) is 0 Å². The lowest BCUT2D eigenvalue weighted by atomic mass is 9.99. The molecule has 2 aliphatic rings. The molecule has 1 aliphatic heterocycles. The molecule has 4 heteroatoms. The minimum absolute atomic E-state index is 0.206. The van der Waals surface area contributed by atoms with E-state index in [0.717, 1.165) is 37.8 Å². The van der Waals surface area contributed by atoms with Gasteiger partial charge in [0.25, 0.3) is 0 Å². The summed E-state index contributed by atoms with van der Waals surface area (Å²) >= 11 is 0. The topological polar surface area (TPSA) is 23.5 Å². The van der Waals surface area contributed by atoms with Crippen LogP contribution in [0.1, 0.15) is 49.7 Å². The quantitative estimate of drug-likeness (QED) is 0.922. The normalized spacial score (nSPS) is 27.0. The summed E-state index contributed by atoms with van der Waals surface area (Å²) in [5.74, 6) is -0.435. The number of hydrogen-bond acceptors (Lipinski definition) is 2. The fourth-order valence-corrected chi connectivity index (χ4v) is 3.30. The van der Waals surface area contributed by atoms with E-state index in [4.69, 9.17) is 0 Å². The summed E-state index contributed by atoms with van der Waals surface area (Å²) in [4.78, 5) is 2.21. The molecule has 0 radical (unpaired) electrons. The molecule has 3 rings (SSSR count). The van der Waals surface area contributed by atoms with Gasteiger partial charge < -0.3 is 10.0 Å². The van der Waals surface area contributed by atoms with Crippen molar-refractivity contribution in [1.82, 2.24) is 4.90 Å². The summed E-state index contributed by atoms with van der Waals surface area (Å²) in [6.07, 6.45) is 3.74. The molecule has 1 aromatic carbocycles. The smallest absolute Gasteiger partial charge is 0.129 e. The Bertz CT molecular complexity index is 493. The lowest BCUT2D eigenvalue weighted by molar-refractivity contribution is 0.0488. The highest BCUT2D eigenvalue weighted by molar-refractivity contribution is 5.31. The molecule has 21 heavy (non-hydrogen) atoms. The van der Waals surface area contributed by atoms with Crippen LogP contribution in [0, 0.1) is 11.6 Å². The Morgan fingerprint density at radius 3 is 2.43 bits per heavy atom. The van der Waals surface area contributed by atoms with Crippen LogP contribution in [-0.4, -0.2) is 35.2 Å². The molecule has 2 unspecified atom stereocenters. The van der Waals surface area contributed by atoms with Gasteiger partial charge in [-0.25, -0.2) is 8.78 Å². The first-order chi connectivity index (χ1) is 10.0. The van der Waals surface area contributed by atoms with E-state index in [1.165, 1.54) is 12.1 Å². The predicted molar refractivity (Wildman–Crippen MR) is 78.3 cm³/mol. The second kappa shape index (κ2) is 6.01. The molecule has 1 saturated heterocycles. The van der Waals surface area contributed by atoms with E-state index in [9.17, 15) is 13.9 Å². The molecular weight excluding hydrogens is 272 g/mol. The van der Waals surface area contributed by atoms with Gasteiger partial charge in [0.2, 0.25) is 0 Å². The first-order valence-electron chi connectivity index (χ1n) is 7.94. The standard InChI is InChI=1S/C17H23F2NO/c1-11-8-14(21)4-6-20(11)7-5-15-16(18)9-13(10-17(15)19)12-2-3-12/h9-12,14,21H,2-8H2,1H3. The van der Waals surface area contributed by atoms with Crippen molar-refractivity contribution in [3.8, 4) is 0 Å². The third-order valence-electron chi connectivity index (χ3n) is 4.85. The van der Waals surface area contributed by atoms with Crippen LogP contribution >= 0.6 is 0 Å². The molecular formula is C17H23F2NO. The average molecular weight is 295 g/mol. The molecule has 0 spiro atoms. The van der Waals surface area contributed by atoms with Crippen LogP contribution in [0.4, 0.5) is 8.78 Å². The van der Waals surface area contributed by atoms with Gasteiger partial charge in [-0.15, -0.1) is 0 Å². The summed E-state index contributed by atoms with van der Waals surface area (Å²) in [7, 11) is 0. The number of hydrogen-bond donors (Lipinski definition) is 1. The third kappa shape index (κ3) is 3.43. The number of benzene rings is 1. The molecule has 0 amide bonds. The van der Waals surface area contributed by atoms with Crippen LogP contribution in [0.25, 0.3) is 0 Å². The zero-order valence-corrected chi connectivity index (χ0v) is 12.5. The molecule has 1 saturated carbocycles. The largest absolute Gasteiger partial charge is 0.393 e. The van der Waals surface area contributed by atoms with Crippen molar-refractivity contribution < 1.29 is 13.9 Å². The number of likely N-dealkylation sites (tertiary alicyclic amines) is 1. The summed E-state index contributed by atoms with van der Waals surface area (Å²) in [5.41, 5.74) is 1.01. The van der Waals surface area contributed by atoms with E-state index in [1.807, 2.05) is 0 Å². The van der Waals surface area contributed by atoms with Gasteiger partial charge in [-0.05, 0) is 62.6 Å². The maximum absolute atomic E-state index is 14.1. The monoisotopic (exact) mass is 295 g/mol. The Morgan fingerprint density at radius 2 is 1.86 bits per heavy atom. The van der Waals surface area contributed by atoms with Gasteiger partial charge >= 0.3 is 0 Å². The molecule has 1 heterocycles. The molecule has 1 aliphatic carbocycles. The summed E-state index contributed by atoms with van der Waals surface area (Å²) < 4.78 is 28.2. The van der Waals surface area contributed by atoms with E-state index in [1.54, 1.807) is 0 Å². The molecule has 1 N–H and O–H groups in total. The predicted octanol–water partition coefficient (Wildman–Crippen LogP) is 3.23. The van der Waals surface area contributed by atoms with E-state index >= 15 is 0 Å². The van der Waals surface area contributed by atoms with Gasteiger partial charge in [-0.1, -0.05) is 0 Å². The zero-order valence-electron chi connectivity index (χ0n) is 12.5. The van der Waals surface area contributed by atoms with Crippen molar-refractivity contribution in [2.45, 2.75) is 57.1 Å². The summed E-state index contributed by atoms with van der Waals surface area (Å²) in [6, 6.07) is 3.30. The highest BCUT2D eigenvalue weighted by atomic mass is 19.1.